The summed E-state index contributed by atoms with van der Waals surface area (Å²) in [5.41, 5.74) is 2.87. The molecule has 4 rings (SSSR count). The van der Waals surface area contributed by atoms with Crippen LogP contribution in [-0.4, -0.2) is 19.2 Å². The van der Waals surface area contributed by atoms with Crippen molar-refractivity contribution in [1.29, 1.82) is 0 Å². The molecule has 2 unspecified atom stereocenters. The van der Waals surface area contributed by atoms with Gasteiger partial charge < -0.3 is 10.1 Å². The molecule has 0 spiro atoms. The molecule has 2 aromatic carbocycles. The smallest absolute Gasteiger partial charge is 0.126 e. The molecule has 2 aliphatic heterocycles. The van der Waals surface area contributed by atoms with Gasteiger partial charge in [-0.15, -0.1) is 0 Å². The lowest BCUT2D eigenvalue weighted by atomic mass is 9.92. The highest BCUT2D eigenvalue weighted by molar-refractivity contribution is 5.97. The Morgan fingerprint density at radius 1 is 1.05 bits per heavy atom. The van der Waals surface area contributed by atoms with E-state index in [-0.39, 0.29) is 0 Å². The van der Waals surface area contributed by atoms with Crippen LogP contribution in [0.2, 0.25) is 0 Å². The molecule has 0 saturated carbocycles. The molecule has 0 radical (unpaired) electrons. The van der Waals surface area contributed by atoms with E-state index in [1.165, 1.54) is 34.8 Å². The van der Waals surface area contributed by atoms with Gasteiger partial charge in [0.15, 0.2) is 0 Å². The van der Waals surface area contributed by atoms with Crippen LogP contribution in [0.25, 0.3) is 16.3 Å². The minimum atomic E-state index is 0.574. The predicted molar refractivity (Wildman–Crippen MR) is 83.0 cm³/mol. The zero-order valence-electron chi connectivity index (χ0n) is 11.7. The standard InChI is InChI=1S/C18H19NO/c1-20-18-9-8-15(16-4-2-3-5-17(16)18)12-10-13-6-7-14(11-12)19-13/h2-5,8-10,13-14,19H,6-7,11H2,1H3. The van der Waals surface area contributed by atoms with Crippen molar-refractivity contribution in [3.05, 3.63) is 48.0 Å². The van der Waals surface area contributed by atoms with Crippen molar-refractivity contribution in [2.24, 2.45) is 0 Å². The fourth-order valence-electron chi connectivity index (χ4n) is 3.65. The lowest BCUT2D eigenvalue weighted by molar-refractivity contribution is 0.420. The summed E-state index contributed by atoms with van der Waals surface area (Å²) < 4.78 is 5.49. The van der Waals surface area contributed by atoms with Crippen LogP contribution in [0.3, 0.4) is 0 Å². The van der Waals surface area contributed by atoms with Gasteiger partial charge in [-0.25, -0.2) is 0 Å². The molecule has 0 aromatic heterocycles. The van der Waals surface area contributed by atoms with E-state index in [4.69, 9.17) is 4.74 Å². The molecule has 20 heavy (non-hydrogen) atoms. The van der Waals surface area contributed by atoms with Gasteiger partial charge in [-0.1, -0.05) is 36.4 Å². The van der Waals surface area contributed by atoms with E-state index < -0.39 is 0 Å². The van der Waals surface area contributed by atoms with E-state index in [1.54, 1.807) is 7.11 Å². The van der Waals surface area contributed by atoms with E-state index in [9.17, 15) is 0 Å². The molecule has 0 aliphatic carbocycles. The van der Waals surface area contributed by atoms with E-state index in [1.807, 2.05) is 0 Å². The zero-order valence-corrected chi connectivity index (χ0v) is 11.7. The van der Waals surface area contributed by atoms with Crippen molar-refractivity contribution >= 4 is 16.3 Å². The fourth-order valence-corrected chi connectivity index (χ4v) is 3.65. The lowest BCUT2D eigenvalue weighted by Gasteiger charge is -2.23. The number of rotatable bonds is 2. The van der Waals surface area contributed by atoms with Crippen LogP contribution in [0, 0.1) is 0 Å². The largest absolute Gasteiger partial charge is 0.496 e. The maximum absolute atomic E-state index is 5.49. The molecule has 0 amide bonds. The van der Waals surface area contributed by atoms with Crippen molar-refractivity contribution in [2.75, 3.05) is 7.11 Å². The third kappa shape index (κ3) is 1.83. The molecule has 1 fully saturated rings. The van der Waals surface area contributed by atoms with E-state index in [2.05, 4.69) is 47.8 Å². The molecule has 2 aliphatic rings. The first kappa shape index (κ1) is 12.0. The van der Waals surface area contributed by atoms with Gasteiger partial charge in [-0.05, 0) is 41.9 Å². The molecular weight excluding hydrogens is 246 g/mol. The van der Waals surface area contributed by atoms with Gasteiger partial charge in [-0.3, -0.25) is 0 Å². The molecule has 1 saturated heterocycles. The minimum Gasteiger partial charge on any atom is -0.496 e. The summed E-state index contributed by atoms with van der Waals surface area (Å²) in [6, 6.07) is 14.1. The normalized spacial score (nSPS) is 24.8. The maximum Gasteiger partial charge on any atom is 0.126 e. The van der Waals surface area contributed by atoms with Crippen LogP contribution in [0.5, 0.6) is 5.75 Å². The zero-order chi connectivity index (χ0) is 13.5. The quantitative estimate of drug-likeness (QED) is 0.892. The number of hydrogen-bond donors (Lipinski definition) is 1. The van der Waals surface area contributed by atoms with Crippen molar-refractivity contribution in [3.63, 3.8) is 0 Å². The first-order valence-corrected chi connectivity index (χ1v) is 7.38. The Morgan fingerprint density at radius 2 is 1.90 bits per heavy atom. The second kappa shape index (κ2) is 4.64. The summed E-state index contributed by atoms with van der Waals surface area (Å²) in [5.74, 6) is 0.960. The molecule has 2 atom stereocenters. The summed E-state index contributed by atoms with van der Waals surface area (Å²) in [5, 5.41) is 6.17. The highest BCUT2D eigenvalue weighted by atomic mass is 16.5. The number of fused-ring (bicyclic) bond motifs is 3. The van der Waals surface area contributed by atoms with Gasteiger partial charge in [0.25, 0.3) is 0 Å². The minimum absolute atomic E-state index is 0.574. The van der Waals surface area contributed by atoms with Crippen LogP contribution in [0.15, 0.2) is 42.5 Å². The first-order valence-electron chi connectivity index (χ1n) is 7.38. The van der Waals surface area contributed by atoms with Gasteiger partial charge in [-0.2, -0.15) is 0 Å². The molecule has 2 aromatic rings. The Bertz CT molecular complexity index is 689. The van der Waals surface area contributed by atoms with Crippen LogP contribution in [-0.2, 0) is 0 Å². The average molecular weight is 265 g/mol. The molecule has 102 valence electrons. The van der Waals surface area contributed by atoms with Gasteiger partial charge in [0.2, 0.25) is 0 Å². The van der Waals surface area contributed by atoms with E-state index >= 15 is 0 Å². The maximum atomic E-state index is 5.49. The number of nitrogens with one attached hydrogen (secondary N) is 1. The van der Waals surface area contributed by atoms with Crippen LogP contribution >= 0.6 is 0 Å². The Labute approximate surface area is 119 Å². The Hall–Kier alpha value is -1.80. The van der Waals surface area contributed by atoms with Crippen molar-refractivity contribution < 1.29 is 4.74 Å². The summed E-state index contributed by atoms with van der Waals surface area (Å²) >= 11 is 0. The molecule has 1 N–H and O–H groups in total. The third-order valence-electron chi connectivity index (χ3n) is 4.59. The van der Waals surface area contributed by atoms with Crippen molar-refractivity contribution in [3.8, 4) is 5.75 Å². The highest BCUT2D eigenvalue weighted by Gasteiger charge is 2.28. The number of benzene rings is 2. The second-order valence-corrected chi connectivity index (χ2v) is 5.80. The summed E-state index contributed by atoms with van der Waals surface area (Å²) in [7, 11) is 1.74. The van der Waals surface area contributed by atoms with E-state index in [0.717, 1.165) is 12.2 Å². The Kier molecular flexibility index (Phi) is 2.78. The monoisotopic (exact) mass is 265 g/mol. The molecular formula is C18H19NO. The third-order valence-corrected chi connectivity index (χ3v) is 4.59. The predicted octanol–water partition coefficient (Wildman–Crippen LogP) is 3.76. The summed E-state index contributed by atoms with van der Waals surface area (Å²) in [6.45, 7) is 0. The van der Waals surface area contributed by atoms with Gasteiger partial charge in [0, 0.05) is 17.5 Å². The molecule has 2 heterocycles. The van der Waals surface area contributed by atoms with Crippen molar-refractivity contribution in [2.45, 2.75) is 31.3 Å². The number of hydrogen-bond acceptors (Lipinski definition) is 2. The molecule has 2 bridgehead atoms. The van der Waals surface area contributed by atoms with Crippen LogP contribution < -0.4 is 10.1 Å². The van der Waals surface area contributed by atoms with Gasteiger partial charge in [0.05, 0.1) is 7.11 Å². The lowest BCUT2D eigenvalue weighted by Crippen LogP contribution is -2.31. The average Bonchev–Trinajstić information content (AvgIpc) is 2.84. The first-order chi connectivity index (χ1) is 9.85. The summed E-state index contributed by atoms with van der Waals surface area (Å²) in [6.07, 6.45) is 6.16. The SMILES string of the molecule is COc1ccc(C2=CC3CCC(C2)N3)c2ccccc12. The topological polar surface area (TPSA) is 21.3 Å². The van der Waals surface area contributed by atoms with Crippen molar-refractivity contribution in [1.82, 2.24) is 5.32 Å². The van der Waals surface area contributed by atoms with Crippen LogP contribution in [0.4, 0.5) is 0 Å². The fraction of sp³-hybridized carbons (Fsp3) is 0.333. The molecule has 2 heteroatoms. The summed E-state index contributed by atoms with van der Waals surface area (Å²) in [4.78, 5) is 0. The van der Waals surface area contributed by atoms with Crippen LogP contribution in [0.1, 0.15) is 24.8 Å². The molecule has 2 nitrogen and oxygen atoms in total. The highest BCUT2D eigenvalue weighted by Crippen LogP contribution is 2.37. The Morgan fingerprint density at radius 3 is 2.70 bits per heavy atom. The number of ether oxygens (including phenoxy) is 1. The number of methoxy groups -OCH3 is 1. The Balaban J connectivity index is 1.88. The van der Waals surface area contributed by atoms with Gasteiger partial charge >= 0.3 is 0 Å². The van der Waals surface area contributed by atoms with E-state index in [0.29, 0.717) is 12.1 Å². The second-order valence-electron chi connectivity index (χ2n) is 5.80. The van der Waals surface area contributed by atoms with Gasteiger partial charge in [0.1, 0.15) is 5.75 Å².